The van der Waals surface area contributed by atoms with Crippen LogP contribution in [-0.2, 0) is 17.1 Å². The molecule has 0 bridgehead atoms. The number of pyridine rings is 1. The first-order valence-electron chi connectivity index (χ1n) is 14.5. The topological polar surface area (TPSA) is 40.6 Å². The predicted octanol–water partition coefficient (Wildman–Crippen LogP) is 8.76. The normalized spacial score (nSPS) is 16.3. The lowest BCUT2D eigenvalue weighted by Crippen LogP contribution is -2.32. The van der Waals surface area contributed by atoms with Gasteiger partial charge in [0.2, 0.25) is 11.8 Å². The number of hydrogen-bond donors (Lipinski definition) is 0. The SMILES string of the molecule is CCCCCCCCOc1cc2c(c(F)n1)C(F)(F)C(c1ccc(OCCCOCCCCC)cc1)CC2. The van der Waals surface area contributed by atoms with Gasteiger partial charge in [0.15, 0.2) is 0 Å². The van der Waals surface area contributed by atoms with Gasteiger partial charge < -0.3 is 14.2 Å². The van der Waals surface area contributed by atoms with Crippen LogP contribution in [0.2, 0.25) is 0 Å². The van der Waals surface area contributed by atoms with E-state index in [4.69, 9.17) is 14.2 Å². The lowest BCUT2D eigenvalue weighted by atomic mass is 9.77. The molecule has 0 amide bonds. The molecule has 0 aliphatic heterocycles. The van der Waals surface area contributed by atoms with E-state index in [1.54, 1.807) is 24.3 Å². The Morgan fingerprint density at radius 1 is 0.816 bits per heavy atom. The molecule has 0 fully saturated rings. The monoisotopic (exact) mass is 535 g/mol. The second-order valence-electron chi connectivity index (χ2n) is 10.2. The molecule has 0 N–H and O–H groups in total. The second-order valence-corrected chi connectivity index (χ2v) is 10.2. The fraction of sp³-hybridized carbons (Fsp3) is 0.645. The van der Waals surface area contributed by atoms with Crippen LogP contribution in [-0.4, -0.2) is 31.4 Å². The van der Waals surface area contributed by atoms with Gasteiger partial charge in [0.25, 0.3) is 5.92 Å². The van der Waals surface area contributed by atoms with Crippen molar-refractivity contribution in [3.05, 3.63) is 53.0 Å². The minimum absolute atomic E-state index is 0.0944. The van der Waals surface area contributed by atoms with Crippen molar-refractivity contribution in [2.24, 2.45) is 0 Å². The molecule has 0 saturated heterocycles. The van der Waals surface area contributed by atoms with Crippen LogP contribution in [0.5, 0.6) is 11.6 Å². The molecule has 0 spiro atoms. The van der Waals surface area contributed by atoms with Crippen molar-refractivity contribution in [3.63, 3.8) is 0 Å². The van der Waals surface area contributed by atoms with Gasteiger partial charge in [-0.25, -0.2) is 8.78 Å². The van der Waals surface area contributed by atoms with Crippen molar-refractivity contribution in [1.82, 2.24) is 4.98 Å². The van der Waals surface area contributed by atoms with Crippen LogP contribution in [0.1, 0.15) is 107 Å². The van der Waals surface area contributed by atoms with Crippen LogP contribution in [0.4, 0.5) is 13.2 Å². The third-order valence-electron chi connectivity index (χ3n) is 7.13. The molecule has 1 aromatic carbocycles. The van der Waals surface area contributed by atoms with Gasteiger partial charge in [0.1, 0.15) is 5.75 Å². The maximum absolute atomic E-state index is 15.5. The number of nitrogens with zero attached hydrogens (tertiary/aromatic N) is 1. The highest BCUT2D eigenvalue weighted by Crippen LogP contribution is 2.50. The van der Waals surface area contributed by atoms with Gasteiger partial charge in [-0.15, -0.1) is 0 Å². The zero-order chi connectivity index (χ0) is 27.2. The number of fused-ring (bicyclic) bond motifs is 1. The third kappa shape index (κ3) is 8.89. The summed E-state index contributed by atoms with van der Waals surface area (Å²) in [6, 6.07) is 8.21. The Labute approximate surface area is 226 Å². The van der Waals surface area contributed by atoms with Crippen molar-refractivity contribution in [3.8, 4) is 11.6 Å². The minimum atomic E-state index is -3.36. The molecule has 1 heterocycles. The molecule has 1 aliphatic rings. The van der Waals surface area contributed by atoms with Crippen molar-refractivity contribution in [2.75, 3.05) is 26.4 Å². The first-order chi connectivity index (χ1) is 18.5. The van der Waals surface area contributed by atoms with Gasteiger partial charge in [0.05, 0.1) is 24.7 Å². The lowest BCUT2D eigenvalue weighted by molar-refractivity contribution is -0.0475. The molecular weight excluding hydrogens is 491 g/mol. The summed E-state index contributed by atoms with van der Waals surface area (Å²) >= 11 is 0. The van der Waals surface area contributed by atoms with E-state index in [9.17, 15) is 4.39 Å². The van der Waals surface area contributed by atoms with Crippen molar-refractivity contribution >= 4 is 0 Å². The molecule has 38 heavy (non-hydrogen) atoms. The molecule has 212 valence electrons. The third-order valence-corrected chi connectivity index (χ3v) is 7.13. The van der Waals surface area contributed by atoms with Gasteiger partial charge >= 0.3 is 0 Å². The van der Waals surface area contributed by atoms with E-state index in [2.05, 4.69) is 18.8 Å². The zero-order valence-electron chi connectivity index (χ0n) is 23.1. The highest BCUT2D eigenvalue weighted by Gasteiger charge is 2.49. The Kier molecular flexibility index (Phi) is 12.7. The summed E-state index contributed by atoms with van der Waals surface area (Å²) in [5.41, 5.74) is 0.156. The summed E-state index contributed by atoms with van der Waals surface area (Å²) in [5.74, 6) is -4.89. The minimum Gasteiger partial charge on any atom is -0.494 e. The van der Waals surface area contributed by atoms with E-state index < -0.39 is 23.4 Å². The Morgan fingerprint density at radius 3 is 2.21 bits per heavy atom. The second kappa shape index (κ2) is 16.0. The highest BCUT2D eigenvalue weighted by atomic mass is 19.3. The van der Waals surface area contributed by atoms with Crippen molar-refractivity contribution in [1.29, 1.82) is 0 Å². The Bertz CT molecular complexity index is 952. The Hall–Kier alpha value is -2.28. The molecule has 1 unspecified atom stereocenters. The van der Waals surface area contributed by atoms with Crippen molar-refractivity contribution < 1.29 is 27.4 Å². The van der Waals surface area contributed by atoms with E-state index in [0.29, 0.717) is 37.6 Å². The molecule has 0 saturated carbocycles. The standard InChI is InChI=1S/C31H44F3NO3/c1-3-5-7-8-9-11-21-38-28-23-25-15-18-27(31(33,34)29(25)30(32)35-28)24-13-16-26(17-14-24)37-22-12-20-36-19-10-6-4-2/h13-14,16-17,23,27H,3-12,15,18-22H2,1-2H3. The number of alkyl halides is 2. The van der Waals surface area contributed by atoms with Gasteiger partial charge in [-0.1, -0.05) is 70.9 Å². The van der Waals surface area contributed by atoms with E-state index in [-0.39, 0.29) is 17.9 Å². The number of halogens is 3. The first kappa shape index (κ1) is 30.3. The molecule has 2 aromatic rings. The van der Waals surface area contributed by atoms with E-state index in [0.717, 1.165) is 38.7 Å². The average molecular weight is 536 g/mol. The Morgan fingerprint density at radius 2 is 1.45 bits per heavy atom. The van der Waals surface area contributed by atoms with Gasteiger partial charge in [-0.3, -0.25) is 0 Å². The van der Waals surface area contributed by atoms with Gasteiger partial charge in [-0.2, -0.15) is 9.37 Å². The number of ether oxygens (including phenoxy) is 3. The molecule has 3 rings (SSSR count). The summed E-state index contributed by atoms with van der Waals surface area (Å²) < 4.78 is 62.8. The quantitative estimate of drug-likeness (QED) is 0.141. The summed E-state index contributed by atoms with van der Waals surface area (Å²) in [6.07, 6.45) is 11.4. The fourth-order valence-electron chi connectivity index (χ4n) is 4.96. The molecule has 1 aliphatic carbocycles. The van der Waals surface area contributed by atoms with Crippen LogP contribution < -0.4 is 9.47 Å². The highest BCUT2D eigenvalue weighted by molar-refractivity contribution is 5.41. The number of rotatable bonds is 18. The molecule has 1 atom stereocenters. The largest absolute Gasteiger partial charge is 0.494 e. The van der Waals surface area contributed by atoms with E-state index in [1.165, 1.54) is 38.2 Å². The average Bonchev–Trinajstić information content (AvgIpc) is 2.90. The first-order valence-corrected chi connectivity index (χ1v) is 14.5. The van der Waals surface area contributed by atoms with E-state index >= 15 is 8.78 Å². The maximum atomic E-state index is 15.5. The number of aromatic nitrogens is 1. The Balaban J connectivity index is 1.51. The summed E-state index contributed by atoms with van der Waals surface area (Å²) in [4.78, 5) is 3.74. The fourth-order valence-corrected chi connectivity index (χ4v) is 4.96. The predicted molar refractivity (Wildman–Crippen MR) is 145 cm³/mol. The van der Waals surface area contributed by atoms with E-state index in [1.807, 2.05) is 0 Å². The molecule has 1 aromatic heterocycles. The van der Waals surface area contributed by atoms with Crippen LogP contribution in [0.15, 0.2) is 30.3 Å². The summed E-state index contributed by atoms with van der Waals surface area (Å²) in [6.45, 7) is 6.65. The smallest absolute Gasteiger partial charge is 0.284 e. The maximum Gasteiger partial charge on any atom is 0.284 e. The van der Waals surface area contributed by atoms with Crippen LogP contribution in [0.3, 0.4) is 0 Å². The molecule has 4 nitrogen and oxygen atoms in total. The number of unbranched alkanes of at least 4 members (excludes halogenated alkanes) is 7. The van der Waals surface area contributed by atoms with Crippen molar-refractivity contribution in [2.45, 2.75) is 103 Å². The summed E-state index contributed by atoms with van der Waals surface area (Å²) in [7, 11) is 0. The molecule has 0 radical (unpaired) electrons. The zero-order valence-corrected chi connectivity index (χ0v) is 23.1. The van der Waals surface area contributed by atoms with Gasteiger partial charge in [0, 0.05) is 25.7 Å². The molecular formula is C31H44F3NO3. The lowest BCUT2D eigenvalue weighted by Gasteiger charge is -2.33. The van der Waals surface area contributed by atoms with Crippen LogP contribution >= 0.6 is 0 Å². The summed E-state index contributed by atoms with van der Waals surface area (Å²) in [5, 5.41) is 0. The van der Waals surface area contributed by atoms with Gasteiger partial charge in [-0.05, 0) is 48.9 Å². The molecule has 7 heteroatoms. The number of benzene rings is 1. The van der Waals surface area contributed by atoms with Crippen LogP contribution in [0, 0.1) is 5.95 Å². The number of hydrogen-bond acceptors (Lipinski definition) is 4. The van der Waals surface area contributed by atoms with Crippen LogP contribution in [0.25, 0.3) is 0 Å². The number of aryl methyl sites for hydroxylation is 1.